The quantitative estimate of drug-likeness (QED) is 0.864. The summed E-state index contributed by atoms with van der Waals surface area (Å²) in [5, 5.41) is 6.77. The Labute approximate surface area is 151 Å². The van der Waals surface area contributed by atoms with Crippen molar-refractivity contribution in [3.8, 4) is 0 Å². The largest absolute Gasteiger partial charge is 0.353 e. The van der Waals surface area contributed by atoms with Crippen LogP contribution in [-0.2, 0) is 11.3 Å². The van der Waals surface area contributed by atoms with E-state index in [0.29, 0.717) is 17.2 Å². The van der Waals surface area contributed by atoms with E-state index in [1.54, 1.807) is 0 Å². The highest BCUT2D eigenvalue weighted by Crippen LogP contribution is 2.58. The predicted octanol–water partition coefficient (Wildman–Crippen LogP) is 2.40. The number of carbonyl (C=O) groups excluding carboxylic acids is 1. The van der Waals surface area contributed by atoms with E-state index in [1.807, 2.05) is 0 Å². The standard InChI is InChI=1S/C21H31N3O/c1-16(23-20(25)19-13-21(19)8-10-22-11-9-21)18-7-12-24(15-18)14-17-5-3-2-4-6-17/h2-6,16,18-19,22H,7-15H2,1H3,(H,23,25). The van der Waals surface area contributed by atoms with Gasteiger partial charge in [-0.15, -0.1) is 0 Å². The average Bonchev–Trinajstić information content (AvgIpc) is 3.11. The molecule has 2 saturated heterocycles. The Morgan fingerprint density at radius 2 is 2.08 bits per heavy atom. The molecular formula is C21H31N3O. The summed E-state index contributed by atoms with van der Waals surface area (Å²) in [7, 11) is 0. The smallest absolute Gasteiger partial charge is 0.223 e. The fourth-order valence-corrected chi connectivity index (χ4v) is 4.89. The number of hydrogen-bond acceptors (Lipinski definition) is 3. The fourth-order valence-electron chi connectivity index (χ4n) is 4.89. The molecule has 1 spiro atoms. The van der Waals surface area contributed by atoms with Gasteiger partial charge in [0, 0.05) is 25.0 Å². The number of rotatable bonds is 5. The molecule has 4 rings (SSSR count). The zero-order valence-electron chi connectivity index (χ0n) is 15.3. The molecule has 1 aliphatic carbocycles. The first-order valence-corrected chi connectivity index (χ1v) is 9.94. The lowest BCUT2D eigenvalue weighted by molar-refractivity contribution is -0.124. The highest BCUT2D eigenvalue weighted by molar-refractivity contribution is 5.82. The molecule has 136 valence electrons. The molecule has 1 aromatic rings. The van der Waals surface area contributed by atoms with Crippen LogP contribution in [0.25, 0.3) is 0 Å². The van der Waals surface area contributed by atoms with Crippen LogP contribution in [-0.4, -0.2) is 43.0 Å². The summed E-state index contributed by atoms with van der Waals surface area (Å²) in [4.78, 5) is 15.2. The number of nitrogens with one attached hydrogen (secondary N) is 2. The Bertz CT molecular complexity index is 596. The highest BCUT2D eigenvalue weighted by atomic mass is 16.2. The van der Waals surface area contributed by atoms with Crippen LogP contribution in [0.4, 0.5) is 0 Å². The third-order valence-electron chi connectivity index (χ3n) is 6.74. The second-order valence-electron chi connectivity index (χ2n) is 8.44. The first-order valence-electron chi connectivity index (χ1n) is 9.94. The molecule has 1 aromatic carbocycles. The number of carbonyl (C=O) groups is 1. The summed E-state index contributed by atoms with van der Waals surface area (Å²) in [5.41, 5.74) is 1.72. The molecule has 0 aromatic heterocycles. The van der Waals surface area contributed by atoms with E-state index < -0.39 is 0 Å². The molecule has 1 saturated carbocycles. The fraction of sp³-hybridized carbons (Fsp3) is 0.667. The minimum Gasteiger partial charge on any atom is -0.353 e. The third-order valence-corrected chi connectivity index (χ3v) is 6.74. The summed E-state index contributed by atoms with van der Waals surface area (Å²) >= 11 is 0. The van der Waals surface area contributed by atoms with Crippen LogP contribution in [0.1, 0.15) is 38.2 Å². The molecule has 3 fully saturated rings. The van der Waals surface area contributed by atoms with Crippen LogP contribution >= 0.6 is 0 Å². The Morgan fingerprint density at radius 1 is 1.32 bits per heavy atom. The summed E-state index contributed by atoms with van der Waals surface area (Å²) in [6, 6.07) is 11.0. The normalized spacial score (nSPS) is 29.5. The van der Waals surface area contributed by atoms with Crippen molar-refractivity contribution in [2.75, 3.05) is 26.2 Å². The van der Waals surface area contributed by atoms with Crippen molar-refractivity contribution in [3.05, 3.63) is 35.9 Å². The van der Waals surface area contributed by atoms with Gasteiger partial charge in [0.25, 0.3) is 0 Å². The molecule has 3 unspecified atom stereocenters. The van der Waals surface area contributed by atoms with E-state index in [0.717, 1.165) is 39.1 Å². The summed E-state index contributed by atoms with van der Waals surface area (Å²) in [6.45, 7) is 7.62. The SMILES string of the molecule is CC(NC(=O)C1CC12CCNCC2)C1CCN(Cc2ccccc2)C1. The van der Waals surface area contributed by atoms with Crippen LogP contribution in [0.2, 0.25) is 0 Å². The highest BCUT2D eigenvalue weighted by Gasteiger charge is 2.57. The topological polar surface area (TPSA) is 44.4 Å². The average molecular weight is 341 g/mol. The molecule has 0 bridgehead atoms. The number of piperidine rings is 1. The van der Waals surface area contributed by atoms with Crippen LogP contribution in [0.15, 0.2) is 30.3 Å². The van der Waals surface area contributed by atoms with Crippen molar-refractivity contribution in [1.82, 2.24) is 15.5 Å². The second kappa shape index (κ2) is 7.08. The summed E-state index contributed by atoms with van der Waals surface area (Å²) in [5.74, 6) is 1.17. The maximum atomic E-state index is 12.7. The molecule has 4 nitrogen and oxygen atoms in total. The van der Waals surface area contributed by atoms with E-state index in [4.69, 9.17) is 0 Å². The maximum absolute atomic E-state index is 12.7. The summed E-state index contributed by atoms with van der Waals surface area (Å²) < 4.78 is 0. The van der Waals surface area contributed by atoms with Gasteiger partial charge >= 0.3 is 0 Å². The van der Waals surface area contributed by atoms with Gasteiger partial charge in [0.1, 0.15) is 0 Å². The van der Waals surface area contributed by atoms with Crippen molar-refractivity contribution in [2.45, 2.75) is 45.2 Å². The van der Waals surface area contributed by atoms with Gasteiger partial charge in [0.05, 0.1) is 0 Å². The molecule has 2 heterocycles. The zero-order valence-corrected chi connectivity index (χ0v) is 15.3. The van der Waals surface area contributed by atoms with Crippen LogP contribution in [0, 0.1) is 17.3 Å². The predicted molar refractivity (Wildman–Crippen MR) is 100 cm³/mol. The van der Waals surface area contributed by atoms with Gasteiger partial charge in [-0.3, -0.25) is 9.69 Å². The lowest BCUT2D eigenvalue weighted by Crippen LogP contribution is -2.41. The van der Waals surface area contributed by atoms with Crippen molar-refractivity contribution in [3.63, 3.8) is 0 Å². The Kier molecular flexibility index (Phi) is 4.83. The van der Waals surface area contributed by atoms with Crippen LogP contribution in [0.3, 0.4) is 0 Å². The number of amides is 1. The molecule has 3 aliphatic rings. The van der Waals surface area contributed by atoms with Crippen molar-refractivity contribution in [2.24, 2.45) is 17.3 Å². The van der Waals surface area contributed by atoms with Crippen molar-refractivity contribution < 1.29 is 4.79 Å². The number of nitrogens with zero attached hydrogens (tertiary/aromatic N) is 1. The first kappa shape index (κ1) is 17.0. The first-order chi connectivity index (χ1) is 12.2. The summed E-state index contributed by atoms with van der Waals surface area (Å²) in [6.07, 6.45) is 4.65. The van der Waals surface area contributed by atoms with E-state index in [1.165, 1.54) is 24.8 Å². The monoisotopic (exact) mass is 341 g/mol. The van der Waals surface area contributed by atoms with Crippen LogP contribution < -0.4 is 10.6 Å². The van der Waals surface area contributed by atoms with Gasteiger partial charge in [-0.2, -0.15) is 0 Å². The molecule has 4 heteroatoms. The number of likely N-dealkylation sites (tertiary alicyclic amines) is 1. The van der Waals surface area contributed by atoms with Gasteiger partial charge in [-0.25, -0.2) is 0 Å². The number of hydrogen-bond donors (Lipinski definition) is 2. The Balaban J connectivity index is 1.25. The minimum absolute atomic E-state index is 0.277. The molecule has 2 N–H and O–H groups in total. The molecule has 3 atom stereocenters. The van der Waals surface area contributed by atoms with E-state index in [-0.39, 0.29) is 12.0 Å². The van der Waals surface area contributed by atoms with Gasteiger partial charge in [0.2, 0.25) is 5.91 Å². The molecular weight excluding hydrogens is 310 g/mol. The number of benzene rings is 1. The van der Waals surface area contributed by atoms with Gasteiger partial charge < -0.3 is 10.6 Å². The third kappa shape index (κ3) is 3.75. The van der Waals surface area contributed by atoms with Crippen molar-refractivity contribution >= 4 is 5.91 Å². The van der Waals surface area contributed by atoms with Crippen LogP contribution in [0.5, 0.6) is 0 Å². The van der Waals surface area contributed by atoms with Crippen molar-refractivity contribution in [1.29, 1.82) is 0 Å². The van der Waals surface area contributed by atoms with E-state index in [2.05, 4.69) is 52.8 Å². The van der Waals surface area contributed by atoms with E-state index in [9.17, 15) is 4.79 Å². The lowest BCUT2D eigenvalue weighted by Gasteiger charge is -2.25. The molecule has 0 radical (unpaired) electrons. The zero-order chi connectivity index (χ0) is 17.3. The molecule has 25 heavy (non-hydrogen) atoms. The maximum Gasteiger partial charge on any atom is 0.223 e. The van der Waals surface area contributed by atoms with Gasteiger partial charge in [0.15, 0.2) is 0 Å². The lowest BCUT2D eigenvalue weighted by atomic mass is 9.91. The van der Waals surface area contributed by atoms with Gasteiger partial charge in [-0.05, 0) is 69.1 Å². The minimum atomic E-state index is 0.277. The molecule has 2 aliphatic heterocycles. The Morgan fingerprint density at radius 3 is 2.84 bits per heavy atom. The van der Waals surface area contributed by atoms with E-state index >= 15 is 0 Å². The Hall–Kier alpha value is -1.39. The van der Waals surface area contributed by atoms with Gasteiger partial charge in [-0.1, -0.05) is 30.3 Å². The molecule has 1 amide bonds. The second-order valence-corrected chi connectivity index (χ2v) is 8.44.